The Bertz CT molecular complexity index is 455. The van der Waals surface area contributed by atoms with Gasteiger partial charge in [-0.1, -0.05) is 6.07 Å². The van der Waals surface area contributed by atoms with Crippen molar-refractivity contribution in [1.82, 2.24) is 5.32 Å². The molecule has 0 unspecified atom stereocenters. The van der Waals surface area contributed by atoms with Gasteiger partial charge in [-0.2, -0.15) is 0 Å². The van der Waals surface area contributed by atoms with Crippen LogP contribution in [-0.4, -0.2) is 25.1 Å². The van der Waals surface area contributed by atoms with Crippen LogP contribution in [-0.2, 0) is 11.3 Å². The Hall–Kier alpha value is -1.34. The summed E-state index contributed by atoms with van der Waals surface area (Å²) >= 11 is 0. The molecule has 0 atom stereocenters. The minimum atomic E-state index is -4.70. The Morgan fingerprint density at radius 2 is 1.76 bits per heavy atom. The van der Waals surface area contributed by atoms with Gasteiger partial charge in [0.15, 0.2) is 11.6 Å². The van der Waals surface area contributed by atoms with Crippen LogP contribution in [0.15, 0.2) is 18.2 Å². The van der Waals surface area contributed by atoms with Gasteiger partial charge in [0.05, 0.1) is 6.61 Å². The lowest BCUT2D eigenvalue weighted by Crippen LogP contribution is -2.35. The van der Waals surface area contributed by atoms with E-state index < -0.39 is 18.8 Å². The second kappa shape index (κ2) is 7.09. The molecule has 0 heterocycles. The first-order valence-electron chi connectivity index (χ1n) is 6.44. The molecule has 0 spiro atoms. The average molecular weight is 309 g/mol. The van der Waals surface area contributed by atoms with Crippen molar-refractivity contribution < 1.29 is 27.0 Å². The van der Waals surface area contributed by atoms with Gasteiger partial charge in [0.2, 0.25) is 0 Å². The molecule has 1 aromatic carbocycles. The maximum absolute atomic E-state index is 13.7. The van der Waals surface area contributed by atoms with E-state index in [9.17, 15) is 17.6 Å². The van der Waals surface area contributed by atoms with Crippen LogP contribution in [0.4, 0.5) is 17.6 Å². The molecule has 0 aliphatic carbocycles. The van der Waals surface area contributed by atoms with Crippen molar-refractivity contribution in [3.63, 3.8) is 0 Å². The largest absolute Gasteiger partial charge is 0.522 e. The number of halogens is 4. The summed E-state index contributed by atoms with van der Waals surface area (Å²) in [7, 11) is 0. The van der Waals surface area contributed by atoms with E-state index in [2.05, 4.69) is 10.1 Å². The predicted molar refractivity (Wildman–Crippen MR) is 70.5 cm³/mol. The van der Waals surface area contributed by atoms with E-state index in [0.29, 0.717) is 6.54 Å². The van der Waals surface area contributed by atoms with Crippen molar-refractivity contribution >= 4 is 0 Å². The SMILES string of the molecule is CC(C)(C)NCc1ccc(OCCOC(F)(F)F)c(F)c1. The van der Waals surface area contributed by atoms with Gasteiger partial charge in [-0.15, -0.1) is 13.2 Å². The summed E-state index contributed by atoms with van der Waals surface area (Å²) in [4.78, 5) is 0. The van der Waals surface area contributed by atoms with Gasteiger partial charge in [0.25, 0.3) is 0 Å². The number of nitrogens with one attached hydrogen (secondary N) is 1. The third kappa shape index (κ3) is 7.87. The Labute approximate surface area is 121 Å². The zero-order chi connectivity index (χ0) is 16.1. The van der Waals surface area contributed by atoms with Crippen molar-refractivity contribution in [2.24, 2.45) is 0 Å². The Morgan fingerprint density at radius 1 is 1.10 bits per heavy atom. The zero-order valence-electron chi connectivity index (χ0n) is 12.2. The second-order valence-electron chi connectivity index (χ2n) is 5.51. The molecule has 0 bridgehead atoms. The van der Waals surface area contributed by atoms with Crippen LogP contribution >= 0.6 is 0 Å². The topological polar surface area (TPSA) is 30.5 Å². The molecule has 0 aromatic heterocycles. The van der Waals surface area contributed by atoms with E-state index in [-0.39, 0.29) is 17.9 Å². The number of alkyl halides is 3. The maximum atomic E-state index is 13.7. The van der Waals surface area contributed by atoms with E-state index in [1.165, 1.54) is 12.1 Å². The first-order valence-corrected chi connectivity index (χ1v) is 6.44. The quantitative estimate of drug-likeness (QED) is 0.643. The van der Waals surface area contributed by atoms with E-state index in [4.69, 9.17) is 4.74 Å². The third-order valence-corrected chi connectivity index (χ3v) is 2.43. The van der Waals surface area contributed by atoms with Crippen LogP contribution in [0.1, 0.15) is 26.3 Å². The van der Waals surface area contributed by atoms with Gasteiger partial charge in [0, 0.05) is 12.1 Å². The summed E-state index contributed by atoms with van der Waals surface area (Å²) in [6.45, 7) is 5.38. The highest BCUT2D eigenvalue weighted by molar-refractivity contribution is 5.29. The Balaban J connectivity index is 2.47. The molecule has 0 amide bonds. The summed E-state index contributed by atoms with van der Waals surface area (Å²) in [6, 6.07) is 4.34. The van der Waals surface area contributed by atoms with E-state index in [0.717, 1.165) is 5.56 Å². The van der Waals surface area contributed by atoms with Crippen LogP contribution in [0.3, 0.4) is 0 Å². The van der Waals surface area contributed by atoms with Crippen molar-refractivity contribution in [1.29, 1.82) is 0 Å². The molecule has 1 rings (SSSR count). The fraction of sp³-hybridized carbons (Fsp3) is 0.571. The number of hydrogen-bond donors (Lipinski definition) is 1. The molecule has 21 heavy (non-hydrogen) atoms. The van der Waals surface area contributed by atoms with Crippen molar-refractivity contribution in [2.75, 3.05) is 13.2 Å². The monoisotopic (exact) mass is 309 g/mol. The average Bonchev–Trinajstić information content (AvgIpc) is 2.32. The second-order valence-corrected chi connectivity index (χ2v) is 5.51. The Kier molecular flexibility index (Phi) is 5.98. The zero-order valence-corrected chi connectivity index (χ0v) is 12.2. The predicted octanol–water partition coefficient (Wildman–Crippen LogP) is 3.63. The summed E-state index contributed by atoms with van der Waals surface area (Å²) < 4.78 is 57.4. The van der Waals surface area contributed by atoms with E-state index in [1.807, 2.05) is 20.8 Å². The number of ether oxygens (including phenoxy) is 2. The third-order valence-electron chi connectivity index (χ3n) is 2.43. The number of benzene rings is 1. The maximum Gasteiger partial charge on any atom is 0.522 e. The number of hydrogen-bond acceptors (Lipinski definition) is 3. The molecule has 120 valence electrons. The lowest BCUT2D eigenvalue weighted by Gasteiger charge is -2.20. The molecule has 7 heteroatoms. The molecule has 1 N–H and O–H groups in total. The lowest BCUT2D eigenvalue weighted by atomic mass is 10.1. The normalized spacial score (nSPS) is 12.5. The van der Waals surface area contributed by atoms with Gasteiger partial charge >= 0.3 is 6.36 Å². The van der Waals surface area contributed by atoms with Crippen molar-refractivity contribution in [3.8, 4) is 5.75 Å². The molecule has 3 nitrogen and oxygen atoms in total. The Morgan fingerprint density at radius 3 is 2.29 bits per heavy atom. The molecule has 0 aliphatic rings. The summed E-state index contributed by atoms with van der Waals surface area (Å²) in [5, 5.41) is 3.20. The van der Waals surface area contributed by atoms with Crippen LogP contribution in [0.2, 0.25) is 0 Å². The van der Waals surface area contributed by atoms with Gasteiger partial charge < -0.3 is 10.1 Å². The molecule has 0 fully saturated rings. The summed E-state index contributed by atoms with van der Waals surface area (Å²) in [5.74, 6) is -0.712. The lowest BCUT2D eigenvalue weighted by molar-refractivity contribution is -0.325. The van der Waals surface area contributed by atoms with Crippen LogP contribution < -0.4 is 10.1 Å². The summed E-state index contributed by atoms with van der Waals surface area (Å²) in [5.41, 5.74) is 0.627. The van der Waals surface area contributed by atoms with Gasteiger partial charge in [-0.05, 0) is 38.5 Å². The molecule has 0 saturated heterocycles. The van der Waals surface area contributed by atoms with E-state index >= 15 is 0 Å². The van der Waals surface area contributed by atoms with Crippen molar-refractivity contribution in [3.05, 3.63) is 29.6 Å². The molecule has 0 saturated carbocycles. The standard InChI is InChI=1S/C14H19F4NO2/c1-13(2,3)19-9-10-4-5-12(11(15)8-10)20-6-7-21-14(16,17)18/h4-5,8,19H,6-7,9H2,1-3H3. The van der Waals surface area contributed by atoms with Crippen LogP contribution in [0.25, 0.3) is 0 Å². The summed E-state index contributed by atoms with van der Waals surface area (Å²) in [6.07, 6.45) is -4.70. The fourth-order valence-corrected chi connectivity index (χ4v) is 1.45. The van der Waals surface area contributed by atoms with Gasteiger partial charge in [-0.3, -0.25) is 4.74 Å². The van der Waals surface area contributed by atoms with E-state index in [1.54, 1.807) is 6.07 Å². The first-order chi connectivity index (χ1) is 9.57. The molecule has 0 radical (unpaired) electrons. The van der Waals surface area contributed by atoms with Gasteiger partial charge in [-0.25, -0.2) is 4.39 Å². The fourth-order valence-electron chi connectivity index (χ4n) is 1.45. The highest BCUT2D eigenvalue weighted by Gasteiger charge is 2.28. The highest BCUT2D eigenvalue weighted by Crippen LogP contribution is 2.20. The van der Waals surface area contributed by atoms with Crippen molar-refractivity contribution in [2.45, 2.75) is 39.2 Å². The van der Waals surface area contributed by atoms with Gasteiger partial charge in [0.1, 0.15) is 6.61 Å². The molecule has 0 aliphatic heterocycles. The molecular weight excluding hydrogens is 290 g/mol. The number of rotatable bonds is 6. The smallest absolute Gasteiger partial charge is 0.488 e. The molecule has 1 aromatic rings. The molecular formula is C14H19F4NO2. The van der Waals surface area contributed by atoms with Crippen LogP contribution in [0, 0.1) is 5.82 Å². The highest BCUT2D eigenvalue weighted by atomic mass is 19.4. The first kappa shape index (κ1) is 17.7. The minimum absolute atomic E-state index is 0.0966. The van der Waals surface area contributed by atoms with Crippen LogP contribution in [0.5, 0.6) is 5.75 Å². The minimum Gasteiger partial charge on any atom is -0.488 e.